The second-order valence-electron chi connectivity index (χ2n) is 9.14. The Hall–Kier alpha value is -2.73. The van der Waals surface area contributed by atoms with Gasteiger partial charge in [0.1, 0.15) is 12.1 Å². The van der Waals surface area contributed by atoms with Crippen molar-refractivity contribution in [2.24, 2.45) is 22.2 Å². The van der Waals surface area contributed by atoms with E-state index in [0.29, 0.717) is 38.8 Å². The van der Waals surface area contributed by atoms with Gasteiger partial charge in [0.05, 0.1) is 17.6 Å². The summed E-state index contributed by atoms with van der Waals surface area (Å²) < 4.78 is 0. The summed E-state index contributed by atoms with van der Waals surface area (Å²) in [5.74, 6) is -1.34. The number of carbonyl (C=O) groups is 4. The highest BCUT2D eigenvalue weighted by atomic mass is 16.2. The third-order valence-corrected chi connectivity index (χ3v) is 6.74. The molecule has 0 unspecified atom stereocenters. The molecule has 4 atom stereocenters. The highest BCUT2D eigenvalue weighted by molar-refractivity contribution is 6.00. The molecule has 1 saturated carbocycles. The Morgan fingerprint density at radius 3 is 2.33 bits per heavy atom. The van der Waals surface area contributed by atoms with E-state index < -0.39 is 29.6 Å². The van der Waals surface area contributed by atoms with Gasteiger partial charge >= 0.3 is 0 Å². The van der Waals surface area contributed by atoms with Gasteiger partial charge in [-0.25, -0.2) is 0 Å². The second kappa shape index (κ2) is 10.5. The first-order valence-electron chi connectivity index (χ1n) is 11.7. The number of hydrogen-bond acceptors (Lipinski definition) is 7. The summed E-state index contributed by atoms with van der Waals surface area (Å²) in [6, 6.07) is -2.48. The minimum absolute atomic E-state index is 0.0274. The van der Waals surface area contributed by atoms with E-state index in [1.165, 1.54) is 0 Å². The molecule has 12 heteroatoms. The molecular formula is C21H36N8O4. The van der Waals surface area contributed by atoms with E-state index in [4.69, 9.17) is 17.2 Å². The molecule has 2 aliphatic heterocycles. The molecule has 33 heavy (non-hydrogen) atoms. The average Bonchev–Trinajstić information content (AvgIpc) is 3.57. The fourth-order valence-electron chi connectivity index (χ4n) is 4.79. The van der Waals surface area contributed by atoms with Gasteiger partial charge < -0.3 is 33.2 Å². The van der Waals surface area contributed by atoms with Crippen LogP contribution in [0.15, 0.2) is 4.99 Å². The summed E-state index contributed by atoms with van der Waals surface area (Å²) in [5, 5.41) is 8.73. The number of ketones is 1. The fourth-order valence-corrected chi connectivity index (χ4v) is 4.79. The van der Waals surface area contributed by atoms with Gasteiger partial charge in [-0.2, -0.15) is 0 Å². The van der Waals surface area contributed by atoms with Gasteiger partial charge in [-0.1, -0.05) is 19.8 Å². The lowest BCUT2D eigenvalue weighted by Crippen LogP contribution is -2.70. The van der Waals surface area contributed by atoms with Crippen LogP contribution in [0.4, 0.5) is 0 Å². The first kappa shape index (κ1) is 24.9. The smallest absolute Gasteiger partial charge is 0.241 e. The number of primary amides is 1. The van der Waals surface area contributed by atoms with Gasteiger partial charge in [-0.05, 0) is 32.1 Å². The van der Waals surface area contributed by atoms with Crippen LogP contribution in [-0.4, -0.2) is 83.7 Å². The number of Topliss-reactive ketones (excluding diaryl/α,β-unsaturated/α-hetero) is 1. The number of piperazine rings is 2. The summed E-state index contributed by atoms with van der Waals surface area (Å²) in [7, 11) is 0. The SMILES string of the molecule is CCCC[C@@H]1NC[C@@H](C(=O)C2(N3C[C@@H](C(N)=O)NC(=O)[C@H]3CCCN=C(N)N)CC2)NC1=O. The number of carbonyl (C=O) groups excluding carboxylic acids is 4. The molecule has 0 aromatic rings. The molecule has 12 nitrogen and oxygen atoms in total. The highest BCUT2D eigenvalue weighted by Gasteiger charge is 2.60. The molecule has 0 aromatic carbocycles. The maximum atomic E-state index is 13.6. The van der Waals surface area contributed by atoms with Crippen molar-refractivity contribution >= 4 is 29.5 Å². The molecule has 2 saturated heterocycles. The van der Waals surface area contributed by atoms with Gasteiger partial charge in [0.2, 0.25) is 17.7 Å². The van der Waals surface area contributed by atoms with E-state index in [1.807, 2.05) is 4.90 Å². The van der Waals surface area contributed by atoms with Gasteiger partial charge in [-0.3, -0.25) is 29.1 Å². The third kappa shape index (κ3) is 5.61. The van der Waals surface area contributed by atoms with Crippen molar-refractivity contribution in [3.63, 3.8) is 0 Å². The van der Waals surface area contributed by atoms with E-state index in [0.717, 1.165) is 19.3 Å². The minimum atomic E-state index is -0.901. The van der Waals surface area contributed by atoms with Gasteiger partial charge in [0.15, 0.2) is 11.7 Å². The average molecular weight is 465 g/mol. The van der Waals surface area contributed by atoms with E-state index >= 15 is 0 Å². The zero-order valence-corrected chi connectivity index (χ0v) is 19.1. The molecule has 184 valence electrons. The van der Waals surface area contributed by atoms with E-state index in [1.54, 1.807) is 0 Å². The van der Waals surface area contributed by atoms with Gasteiger partial charge in [-0.15, -0.1) is 0 Å². The Labute approximate surface area is 193 Å². The summed E-state index contributed by atoms with van der Waals surface area (Å²) in [6.07, 6.45) is 4.68. The Kier molecular flexibility index (Phi) is 7.90. The lowest BCUT2D eigenvalue weighted by molar-refractivity contribution is -0.144. The molecule has 0 bridgehead atoms. The lowest BCUT2D eigenvalue weighted by Gasteiger charge is -2.44. The van der Waals surface area contributed by atoms with Crippen molar-refractivity contribution in [2.45, 2.75) is 81.6 Å². The maximum absolute atomic E-state index is 13.6. The van der Waals surface area contributed by atoms with Crippen LogP contribution in [0.1, 0.15) is 51.9 Å². The van der Waals surface area contributed by atoms with Crippen molar-refractivity contribution in [1.29, 1.82) is 0 Å². The number of rotatable bonds is 11. The van der Waals surface area contributed by atoms with Crippen LogP contribution in [0.5, 0.6) is 0 Å². The van der Waals surface area contributed by atoms with Crippen LogP contribution in [0.3, 0.4) is 0 Å². The first-order chi connectivity index (χ1) is 15.7. The highest BCUT2D eigenvalue weighted by Crippen LogP contribution is 2.46. The van der Waals surface area contributed by atoms with Crippen LogP contribution in [0.2, 0.25) is 0 Å². The Balaban J connectivity index is 1.74. The Morgan fingerprint density at radius 1 is 1.06 bits per heavy atom. The van der Waals surface area contributed by atoms with Gasteiger partial charge in [0, 0.05) is 19.6 Å². The number of nitrogens with zero attached hydrogens (tertiary/aromatic N) is 2. The summed E-state index contributed by atoms with van der Waals surface area (Å²) in [5.41, 5.74) is 15.3. The first-order valence-corrected chi connectivity index (χ1v) is 11.7. The minimum Gasteiger partial charge on any atom is -0.370 e. The van der Waals surface area contributed by atoms with Crippen molar-refractivity contribution < 1.29 is 19.2 Å². The van der Waals surface area contributed by atoms with Crippen LogP contribution in [0.25, 0.3) is 0 Å². The zero-order valence-electron chi connectivity index (χ0n) is 19.1. The Morgan fingerprint density at radius 2 is 1.76 bits per heavy atom. The second-order valence-corrected chi connectivity index (χ2v) is 9.14. The van der Waals surface area contributed by atoms with Crippen LogP contribution < -0.4 is 33.2 Å². The standard InChI is InChI=1S/C21H36N8O4/c1-2-3-5-12-18(32)27-13(10-26-12)16(30)21(7-8-21)29-11-14(17(22)31)28-19(33)15(29)6-4-9-25-20(23)24/h12-15,26H,2-11H2,1H3,(H2,22,31)(H,27,32)(H,28,33)(H4,23,24,25)/t12-,13-,14-,15+/m0/s1. The summed E-state index contributed by atoms with van der Waals surface area (Å²) in [6.45, 7) is 2.90. The molecule has 9 N–H and O–H groups in total. The molecule has 0 spiro atoms. The predicted molar refractivity (Wildman–Crippen MR) is 122 cm³/mol. The van der Waals surface area contributed by atoms with E-state index in [-0.39, 0.29) is 36.1 Å². The molecule has 0 radical (unpaired) electrons. The van der Waals surface area contributed by atoms with E-state index in [2.05, 4.69) is 27.9 Å². The number of nitrogens with two attached hydrogens (primary N) is 3. The number of aliphatic imine (C=N–C) groups is 1. The number of guanidine groups is 1. The number of hydrogen-bond donors (Lipinski definition) is 6. The van der Waals surface area contributed by atoms with Crippen molar-refractivity contribution in [2.75, 3.05) is 19.6 Å². The summed E-state index contributed by atoms with van der Waals surface area (Å²) in [4.78, 5) is 56.6. The van der Waals surface area contributed by atoms with Gasteiger partial charge in [0.25, 0.3) is 0 Å². The summed E-state index contributed by atoms with van der Waals surface area (Å²) >= 11 is 0. The van der Waals surface area contributed by atoms with Crippen LogP contribution in [0, 0.1) is 0 Å². The molecule has 2 heterocycles. The monoisotopic (exact) mass is 464 g/mol. The third-order valence-electron chi connectivity index (χ3n) is 6.74. The lowest BCUT2D eigenvalue weighted by atomic mass is 9.92. The molecule has 3 amide bonds. The molecule has 3 rings (SSSR count). The topological polar surface area (TPSA) is 198 Å². The van der Waals surface area contributed by atoms with Crippen LogP contribution >= 0.6 is 0 Å². The number of unbranched alkanes of at least 4 members (excludes halogenated alkanes) is 1. The predicted octanol–water partition coefficient (Wildman–Crippen LogP) is -2.56. The van der Waals surface area contributed by atoms with Crippen molar-refractivity contribution in [1.82, 2.24) is 20.9 Å². The van der Waals surface area contributed by atoms with Crippen LogP contribution in [-0.2, 0) is 19.2 Å². The normalized spacial score (nSPS) is 29.0. The molecule has 3 aliphatic rings. The molecule has 1 aliphatic carbocycles. The van der Waals surface area contributed by atoms with E-state index in [9.17, 15) is 19.2 Å². The number of amides is 3. The maximum Gasteiger partial charge on any atom is 0.241 e. The quantitative estimate of drug-likeness (QED) is 0.109. The molecule has 3 fully saturated rings. The zero-order chi connectivity index (χ0) is 24.2. The number of nitrogens with one attached hydrogen (secondary N) is 3. The fraction of sp³-hybridized carbons (Fsp3) is 0.762. The van der Waals surface area contributed by atoms with Crippen molar-refractivity contribution in [3.05, 3.63) is 0 Å². The molecule has 0 aromatic heterocycles. The molecular weight excluding hydrogens is 428 g/mol. The van der Waals surface area contributed by atoms with Crippen molar-refractivity contribution in [3.8, 4) is 0 Å². The largest absolute Gasteiger partial charge is 0.370 e. The Bertz CT molecular complexity index is 808.